The van der Waals surface area contributed by atoms with E-state index < -0.39 is 27.3 Å². The number of halogens is 2. The highest BCUT2D eigenvalue weighted by molar-refractivity contribution is 14.1. The van der Waals surface area contributed by atoms with Crippen molar-refractivity contribution in [2.24, 2.45) is 7.05 Å². The van der Waals surface area contributed by atoms with Crippen LogP contribution in [0.3, 0.4) is 0 Å². The first-order valence-corrected chi connectivity index (χ1v) is 14.2. The van der Waals surface area contributed by atoms with E-state index in [1.54, 1.807) is 24.3 Å². The van der Waals surface area contributed by atoms with Crippen LogP contribution in [0, 0.1) is 16.3 Å². The fourth-order valence-corrected chi connectivity index (χ4v) is 4.93. The Morgan fingerprint density at radius 2 is 1.95 bits per heavy atom. The van der Waals surface area contributed by atoms with Crippen molar-refractivity contribution in [3.63, 3.8) is 0 Å². The van der Waals surface area contributed by atoms with Crippen molar-refractivity contribution < 1.29 is 22.3 Å². The largest absolute Gasteiger partial charge is 0.456 e. The van der Waals surface area contributed by atoms with E-state index in [4.69, 9.17) is 4.74 Å². The predicted molar refractivity (Wildman–Crippen MR) is 148 cm³/mol. The molecule has 0 aliphatic heterocycles. The van der Waals surface area contributed by atoms with Gasteiger partial charge >= 0.3 is 0 Å². The van der Waals surface area contributed by atoms with Gasteiger partial charge in [-0.05, 0) is 85.3 Å². The van der Waals surface area contributed by atoms with Gasteiger partial charge in [0.05, 0.1) is 17.0 Å². The SMILES string of the molecule is CNS(=O)(=O)Cc1cccc(Oc2c(C(=O)NC3CC3)c(Nc3ccc(I)cc3F)n(C)c(=O)c2C)c1. The van der Waals surface area contributed by atoms with Gasteiger partial charge in [0, 0.05) is 16.7 Å². The smallest absolute Gasteiger partial charge is 0.259 e. The highest BCUT2D eigenvalue weighted by atomic mass is 127. The zero-order valence-electron chi connectivity index (χ0n) is 20.4. The molecule has 1 heterocycles. The van der Waals surface area contributed by atoms with Gasteiger partial charge in [0.15, 0.2) is 5.75 Å². The molecule has 1 aliphatic carbocycles. The number of carbonyl (C=O) groups excluding carboxylic acids is 1. The Bertz CT molecular complexity index is 1540. The van der Waals surface area contributed by atoms with Crippen LogP contribution in [0.4, 0.5) is 15.9 Å². The van der Waals surface area contributed by atoms with E-state index in [2.05, 4.69) is 15.4 Å². The minimum absolute atomic E-state index is 0.00305. The second-order valence-corrected chi connectivity index (χ2v) is 11.9. The first-order chi connectivity index (χ1) is 17.5. The molecule has 0 saturated heterocycles. The van der Waals surface area contributed by atoms with Crippen LogP contribution in [0.25, 0.3) is 0 Å². The van der Waals surface area contributed by atoms with Gasteiger partial charge in [0.1, 0.15) is 22.9 Å². The number of benzene rings is 2. The average molecular weight is 640 g/mol. The fourth-order valence-electron chi connectivity index (χ4n) is 3.71. The van der Waals surface area contributed by atoms with Crippen LogP contribution >= 0.6 is 22.6 Å². The number of aromatic nitrogens is 1. The Hall–Kier alpha value is -2.97. The maximum atomic E-state index is 14.7. The molecule has 3 N–H and O–H groups in total. The summed E-state index contributed by atoms with van der Waals surface area (Å²) in [6.45, 7) is 1.54. The standard InChI is InChI=1S/C25H26FIN4O5S/c1-14-22(36-18-6-4-5-15(11-18)13-37(34,35)28-2)21(24(32)29-17-8-9-17)23(31(3)25(14)33)30-20-10-7-16(27)12-19(20)26/h4-7,10-12,17,28,30H,8-9,13H2,1-3H3,(H,29,32). The number of sulfonamides is 1. The molecule has 4 rings (SSSR count). The van der Waals surface area contributed by atoms with Gasteiger partial charge in [-0.2, -0.15) is 0 Å². The number of nitrogens with one attached hydrogen (secondary N) is 3. The van der Waals surface area contributed by atoms with Gasteiger partial charge in [-0.1, -0.05) is 12.1 Å². The highest BCUT2D eigenvalue weighted by Crippen LogP contribution is 2.35. The molecule has 0 bridgehead atoms. The number of rotatable bonds is 9. The molecule has 0 radical (unpaired) electrons. The van der Waals surface area contributed by atoms with Crippen LogP contribution in [0.5, 0.6) is 11.5 Å². The minimum Gasteiger partial charge on any atom is -0.456 e. The number of nitrogens with zero attached hydrogens (tertiary/aromatic N) is 1. The molecule has 37 heavy (non-hydrogen) atoms. The second-order valence-electron chi connectivity index (χ2n) is 8.75. The molecule has 0 atom stereocenters. The molecule has 1 aromatic heterocycles. The quantitative estimate of drug-likeness (QED) is 0.306. The summed E-state index contributed by atoms with van der Waals surface area (Å²) in [5.41, 5.74) is 0.310. The molecule has 1 fully saturated rings. The molecule has 9 nitrogen and oxygen atoms in total. The van der Waals surface area contributed by atoms with E-state index in [0.29, 0.717) is 9.13 Å². The first kappa shape index (κ1) is 27.1. The van der Waals surface area contributed by atoms with Crippen LogP contribution < -0.4 is 25.7 Å². The van der Waals surface area contributed by atoms with Crippen molar-refractivity contribution in [1.29, 1.82) is 0 Å². The fraction of sp³-hybridized carbons (Fsp3) is 0.280. The molecule has 12 heteroatoms. The number of hydrogen-bond donors (Lipinski definition) is 3. The Balaban J connectivity index is 1.83. The Morgan fingerprint density at radius 3 is 2.59 bits per heavy atom. The van der Waals surface area contributed by atoms with Crippen molar-refractivity contribution in [2.45, 2.75) is 31.6 Å². The number of anilines is 2. The molecule has 0 spiro atoms. The van der Waals surface area contributed by atoms with E-state index >= 15 is 0 Å². The van der Waals surface area contributed by atoms with Gasteiger partial charge in [0.25, 0.3) is 11.5 Å². The van der Waals surface area contributed by atoms with Crippen LogP contribution in [-0.2, 0) is 22.8 Å². The van der Waals surface area contributed by atoms with Gasteiger partial charge < -0.3 is 15.4 Å². The lowest BCUT2D eigenvalue weighted by Gasteiger charge is -2.21. The molecular formula is C25H26FIN4O5S. The van der Waals surface area contributed by atoms with Gasteiger partial charge in [-0.15, -0.1) is 0 Å². The van der Waals surface area contributed by atoms with Crippen LogP contribution in [0.1, 0.15) is 34.3 Å². The number of ether oxygens (including phenoxy) is 1. The van der Waals surface area contributed by atoms with E-state index in [9.17, 15) is 22.4 Å². The van der Waals surface area contributed by atoms with Crippen LogP contribution in [0.2, 0.25) is 0 Å². The topological polar surface area (TPSA) is 119 Å². The summed E-state index contributed by atoms with van der Waals surface area (Å²) in [6.07, 6.45) is 1.67. The summed E-state index contributed by atoms with van der Waals surface area (Å²) in [5, 5.41) is 5.82. The second kappa shape index (κ2) is 10.8. The third kappa shape index (κ3) is 6.30. The van der Waals surface area contributed by atoms with E-state index in [0.717, 1.165) is 12.8 Å². The monoisotopic (exact) mass is 640 g/mol. The Morgan fingerprint density at radius 1 is 1.22 bits per heavy atom. The number of amides is 1. The van der Waals surface area contributed by atoms with Crippen molar-refractivity contribution in [3.8, 4) is 11.5 Å². The maximum Gasteiger partial charge on any atom is 0.259 e. The number of hydrogen-bond acceptors (Lipinski definition) is 6. The van der Waals surface area contributed by atoms with Crippen LogP contribution in [-0.4, -0.2) is 32.0 Å². The zero-order valence-corrected chi connectivity index (χ0v) is 23.4. The summed E-state index contributed by atoms with van der Waals surface area (Å²) in [5.74, 6) is -0.981. The zero-order chi connectivity index (χ0) is 26.9. The maximum absolute atomic E-state index is 14.7. The summed E-state index contributed by atoms with van der Waals surface area (Å²) >= 11 is 1.99. The summed E-state index contributed by atoms with van der Waals surface area (Å²) in [7, 11) is -0.711. The minimum atomic E-state index is -3.53. The molecule has 1 saturated carbocycles. The lowest BCUT2D eigenvalue weighted by Crippen LogP contribution is -2.31. The predicted octanol–water partition coefficient (Wildman–Crippen LogP) is 3.91. The average Bonchev–Trinajstić information content (AvgIpc) is 3.66. The van der Waals surface area contributed by atoms with Crippen molar-refractivity contribution in [1.82, 2.24) is 14.6 Å². The van der Waals surface area contributed by atoms with Gasteiger partial charge in [0.2, 0.25) is 10.0 Å². The third-order valence-corrected chi connectivity index (χ3v) is 7.88. The lowest BCUT2D eigenvalue weighted by molar-refractivity contribution is 0.0948. The first-order valence-electron chi connectivity index (χ1n) is 11.4. The summed E-state index contributed by atoms with van der Waals surface area (Å²) in [4.78, 5) is 26.6. The van der Waals surface area contributed by atoms with Crippen molar-refractivity contribution in [2.75, 3.05) is 12.4 Å². The molecule has 196 valence electrons. The molecule has 1 aliphatic rings. The molecule has 2 aromatic carbocycles. The van der Waals surface area contributed by atoms with E-state index in [-0.39, 0.29) is 45.9 Å². The Labute approximate surface area is 227 Å². The molecule has 3 aromatic rings. The van der Waals surface area contributed by atoms with E-state index in [1.807, 2.05) is 22.6 Å². The van der Waals surface area contributed by atoms with Gasteiger partial charge in [-0.25, -0.2) is 17.5 Å². The number of pyridine rings is 1. The summed E-state index contributed by atoms with van der Waals surface area (Å²) < 4.78 is 49.0. The van der Waals surface area contributed by atoms with Crippen molar-refractivity contribution in [3.05, 3.63) is 78.9 Å². The number of carbonyl (C=O) groups is 1. The molecular weight excluding hydrogens is 614 g/mol. The lowest BCUT2D eigenvalue weighted by atomic mass is 10.1. The van der Waals surface area contributed by atoms with E-state index in [1.165, 1.54) is 43.8 Å². The summed E-state index contributed by atoms with van der Waals surface area (Å²) in [6, 6.07) is 10.9. The van der Waals surface area contributed by atoms with Crippen LogP contribution in [0.15, 0.2) is 47.3 Å². The molecule has 0 unspecified atom stereocenters. The third-order valence-electron chi connectivity index (χ3n) is 5.88. The van der Waals surface area contributed by atoms with Gasteiger partial charge in [-0.3, -0.25) is 14.2 Å². The molecule has 1 amide bonds. The normalized spacial score (nSPS) is 13.3. The highest BCUT2D eigenvalue weighted by Gasteiger charge is 2.30. The van der Waals surface area contributed by atoms with Crippen molar-refractivity contribution >= 4 is 50.0 Å². The Kier molecular flexibility index (Phi) is 7.90.